The van der Waals surface area contributed by atoms with E-state index in [-0.39, 0.29) is 44.6 Å². The van der Waals surface area contributed by atoms with Crippen molar-refractivity contribution in [3.8, 4) is 0 Å². The lowest BCUT2D eigenvalue weighted by atomic mass is 9.83. The quantitative estimate of drug-likeness (QED) is 0.129. The number of nitrogens with zero attached hydrogens (tertiary/aromatic N) is 1. The second kappa shape index (κ2) is 20.7. The van der Waals surface area contributed by atoms with Crippen molar-refractivity contribution in [2.24, 2.45) is 5.92 Å². The van der Waals surface area contributed by atoms with Gasteiger partial charge in [0.15, 0.2) is 31.1 Å². The van der Waals surface area contributed by atoms with E-state index in [2.05, 4.69) is 16.0 Å². The first kappa shape index (κ1) is 47.0. The van der Waals surface area contributed by atoms with Gasteiger partial charge in [-0.05, 0) is 36.1 Å². The Morgan fingerprint density at radius 1 is 0.721 bits per heavy atom. The fourth-order valence-corrected chi connectivity index (χ4v) is 9.51. The summed E-state index contributed by atoms with van der Waals surface area (Å²) in [7, 11) is 1.51. The molecule has 0 aromatic heterocycles. The standard InChI is InChI=1S/C47H54N4O17/c1-24-18-32-38(39-34(51(2)47(58)67-39)43(62-32)68-42-31(52)20-28-33(63-42)23-61-44(55)48-28)66-41(24)65-37-30(50-46(57)60-22-26-14-8-4-9-15-26)19-29(49-45(56)59-21-25-12-6-3-7-13-25)36(35(37)53)64-40(54)27-16-10-5-11-17-27/h3-17,24,28-39,41-43,52-53H,18-23H2,1-2H3,(H,48,55)(H,49,56)(H,50,57)/t24-,28-,29+,30?,31?,32-,33?,34?,35+,36?,37+,38?,39?,41-,42+,43?/m0/s1. The van der Waals surface area contributed by atoms with Gasteiger partial charge in [-0.25, -0.2) is 24.0 Å². The van der Waals surface area contributed by atoms with Crippen LogP contribution in [0.25, 0.3) is 0 Å². The summed E-state index contributed by atoms with van der Waals surface area (Å²) in [6.45, 7) is 1.61. The van der Waals surface area contributed by atoms with Crippen LogP contribution < -0.4 is 16.0 Å². The Hall–Kier alpha value is -6.07. The summed E-state index contributed by atoms with van der Waals surface area (Å²) >= 11 is 0. The van der Waals surface area contributed by atoms with Crippen LogP contribution in [-0.2, 0) is 60.6 Å². The van der Waals surface area contributed by atoms with Crippen LogP contribution in [0.15, 0.2) is 91.0 Å². The van der Waals surface area contributed by atoms with Gasteiger partial charge in [-0.2, -0.15) is 0 Å². The molecule has 5 heterocycles. The minimum absolute atomic E-state index is 0.0464. The van der Waals surface area contributed by atoms with Gasteiger partial charge < -0.3 is 73.5 Å². The Morgan fingerprint density at radius 3 is 1.97 bits per heavy atom. The topological polar surface area (TPSA) is 257 Å². The molecule has 5 saturated heterocycles. The number of ether oxygens (including phenoxy) is 10. The normalized spacial score (nSPS) is 35.1. The highest BCUT2D eigenvalue weighted by atomic mass is 16.8. The average molecular weight is 947 g/mol. The minimum atomic E-state index is -1.71. The number of alkyl carbamates (subject to hydrolysis) is 3. The van der Waals surface area contributed by atoms with Crippen molar-refractivity contribution in [3.63, 3.8) is 0 Å². The number of hydrogen-bond donors (Lipinski definition) is 5. The summed E-state index contributed by atoms with van der Waals surface area (Å²) in [5, 5.41) is 31.6. The third-order valence-electron chi connectivity index (χ3n) is 13.0. The number of nitrogens with one attached hydrogen (secondary N) is 3. The van der Waals surface area contributed by atoms with Crippen molar-refractivity contribution in [3.05, 3.63) is 108 Å². The predicted molar refractivity (Wildman–Crippen MR) is 230 cm³/mol. The van der Waals surface area contributed by atoms with Gasteiger partial charge in [0.1, 0.15) is 56.4 Å². The van der Waals surface area contributed by atoms with Crippen LogP contribution in [-0.4, -0.2) is 151 Å². The van der Waals surface area contributed by atoms with E-state index in [1.54, 1.807) is 66.7 Å². The summed E-state index contributed by atoms with van der Waals surface area (Å²) in [6.07, 6.45) is -15.3. The molecule has 1 aliphatic carbocycles. The zero-order chi connectivity index (χ0) is 47.5. The highest BCUT2D eigenvalue weighted by Crippen LogP contribution is 2.43. The van der Waals surface area contributed by atoms with E-state index in [0.29, 0.717) is 0 Å². The number of likely N-dealkylation sites (N-methyl/N-ethyl adjacent to an activating group) is 1. The molecule has 4 amide bonds. The van der Waals surface area contributed by atoms with E-state index in [4.69, 9.17) is 47.4 Å². The number of amides is 4. The smallest absolute Gasteiger partial charge is 0.410 e. The summed E-state index contributed by atoms with van der Waals surface area (Å²) in [5.41, 5.74) is 1.61. The zero-order valence-electron chi connectivity index (χ0n) is 37.1. The molecule has 5 aliphatic heterocycles. The van der Waals surface area contributed by atoms with Crippen molar-refractivity contribution < 1.29 is 81.6 Å². The fraction of sp³-hybridized carbons (Fsp3) is 0.511. The molecule has 16 atom stereocenters. The number of rotatable bonds is 12. The molecule has 6 fully saturated rings. The van der Waals surface area contributed by atoms with Gasteiger partial charge in [0.05, 0.1) is 29.8 Å². The molecule has 21 heteroatoms. The number of hydrogen-bond acceptors (Lipinski definition) is 17. The maximum Gasteiger partial charge on any atom is 0.410 e. The van der Waals surface area contributed by atoms with E-state index in [1.807, 2.05) is 19.1 Å². The maximum absolute atomic E-state index is 13.6. The van der Waals surface area contributed by atoms with Crippen molar-refractivity contribution >= 4 is 30.3 Å². The van der Waals surface area contributed by atoms with Gasteiger partial charge in [-0.15, -0.1) is 0 Å². The summed E-state index contributed by atoms with van der Waals surface area (Å²) in [4.78, 5) is 66.9. The monoisotopic (exact) mass is 946 g/mol. The Balaban J connectivity index is 0.946. The molecule has 364 valence electrons. The molecular formula is C47H54N4O17. The van der Waals surface area contributed by atoms with Gasteiger partial charge in [0.2, 0.25) is 0 Å². The Bertz CT molecular complexity index is 2250. The summed E-state index contributed by atoms with van der Waals surface area (Å²) in [5.74, 6) is -1.29. The van der Waals surface area contributed by atoms with Crippen LogP contribution in [0, 0.1) is 5.92 Å². The second-order valence-electron chi connectivity index (χ2n) is 17.7. The molecule has 0 spiro atoms. The fourth-order valence-electron chi connectivity index (χ4n) is 9.51. The zero-order valence-corrected chi connectivity index (χ0v) is 37.1. The predicted octanol–water partition coefficient (Wildman–Crippen LogP) is 2.85. The number of aliphatic hydroxyl groups is 2. The molecule has 68 heavy (non-hydrogen) atoms. The molecule has 6 aliphatic rings. The lowest BCUT2D eigenvalue weighted by Crippen LogP contribution is -2.68. The second-order valence-corrected chi connectivity index (χ2v) is 17.7. The third kappa shape index (κ3) is 10.5. The largest absolute Gasteiger partial charge is 0.454 e. The molecule has 3 aromatic carbocycles. The molecular weight excluding hydrogens is 893 g/mol. The molecule has 5 N–H and O–H groups in total. The number of carbonyl (C=O) groups is 5. The van der Waals surface area contributed by atoms with Crippen molar-refractivity contribution in [2.45, 2.75) is 131 Å². The highest BCUT2D eigenvalue weighted by molar-refractivity contribution is 5.89. The molecule has 9 rings (SSSR count). The van der Waals surface area contributed by atoms with Gasteiger partial charge >= 0.3 is 30.3 Å². The highest BCUT2D eigenvalue weighted by Gasteiger charge is 2.60. The number of esters is 1. The van der Waals surface area contributed by atoms with Crippen molar-refractivity contribution in [1.29, 1.82) is 0 Å². The number of cyclic esters (lactones) is 1. The van der Waals surface area contributed by atoms with Crippen LogP contribution in [0.5, 0.6) is 0 Å². The minimum Gasteiger partial charge on any atom is -0.454 e. The van der Waals surface area contributed by atoms with Crippen molar-refractivity contribution in [1.82, 2.24) is 20.9 Å². The van der Waals surface area contributed by atoms with Crippen molar-refractivity contribution in [2.75, 3.05) is 13.7 Å². The van der Waals surface area contributed by atoms with E-state index in [9.17, 15) is 34.2 Å². The number of aliphatic hydroxyl groups excluding tert-OH is 2. The number of benzene rings is 3. The van der Waals surface area contributed by atoms with Crippen LogP contribution in [0.4, 0.5) is 19.2 Å². The van der Waals surface area contributed by atoms with Gasteiger partial charge in [0.25, 0.3) is 0 Å². The maximum atomic E-state index is 13.6. The number of carbonyl (C=O) groups excluding carboxylic acids is 5. The van der Waals surface area contributed by atoms with Crippen LogP contribution in [0.1, 0.15) is 47.7 Å². The van der Waals surface area contributed by atoms with E-state index >= 15 is 0 Å². The first-order valence-corrected chi connectivity index (χ1v) is 22.6. The molecule has 0 bridgehead atoms. The van der Waals surface area contributed by atoms with E-state index in [0.717, 1.165) is 11.1 Å². The third-order valence-corrected chi connectivity index (χ3v) is 13.0. The van der Waals surface area contributed by atoms with Crippen LogP contribution >= 0.6 is 0 Å². The molecule has 3 aromatic rings. The van der Waals surface area contributed by atoms with Gasteiger partial charge in [-0.1, -0.05) is 85.8 Å². The lowest BCUT2D eigenvalue weighted by molar-refractivity contribution is -0.371. The van der Waals surface area contributed by atoms with E-state index < -0.39 is 128 Å². The summed E-state index contributed by atoms with van der Waals surface area (Å²) in [6, 6.07) is 22.5. The van der Waals surface area contributed by atoms with Gasteiger partial charge in [0, 0.05) is 19.4 Å². The molecule has 8 unspecified atom stereocenters. The average Bonchev–Trinajstić information content (AvgIpc) is 3.64. The van der Waals surface area contributed by atoms with Gasteiger partial charge in [-0.3, -0.25) is 4.90 Å². The Morgan fingerprint density at radius 2 is 1.32 bits per heavy atom. The summed E-state index contributed by atoms with van der Waals surface area (Å²) < 4.78 is 60.1. The molecule has 1 saturated carbocycles. The van der Waals surface area contributed by atoms with E-state index in [1.165, 1.54) is 24.1 Å². The van der Waals surface area contributed by atoms with Crippen LogP contribution in [0.3, 0.4) is 0 Å². The Labute approximate surface area is 390 Å². The van der Waals surface area contributed by atoms with Crippen LogP contribution in [0.2, 0.25) is 0 Å². The Kier molecular flexibility index (Phi) is 14.3. The SMILES string of the molecule is C[C@H]1C[C@@H]2OC(O[C@H]3OC4COC(=O)N[C@H]4CC3O)C3C(OC(=O)N3C)C2O[C@@H]1O[C@@H]1C(NC(=O)OCc2ccccc2)C[C@@H](NC(=O)OCc2ccccc2)C(OC(=O)c2ccccc2)[C@H]1O. The lowest BCUT2D eigenvalue weighted by Gasteiger charge is -2.51. The first-order valence-electron chi connectivity index (χ1n) is 22.6. The number of fused-ring (bicyclic) bond motifs is 4. The first-order chi connectivity index (χ1) is 32.9. The molecule has 21 nitrogen and oxygen atoms in total. The molecule has 0 radical (unpaired) electrons.